The summed E-state index contributed by atoms with van der Waals surface area (Å²) in [5.41, 5.74) is 4.00. The monoisotopic (exact) mass is 802 g/mol. The highest BCUT2D eigenvalue weighted by molar-refractivity contribution is 5.87. The Morgan fingerprint density at radius 1 is 0.814 bits per heavy atom. The van der Waals surface area contributed by atoms with E-state index in [1.54, 1.807) is 6.08 Å². The molecule has 0 aromatic heterocycles. The molecule has 9 nitrogen and oxygen atoms in total. The Morgan fingerprint density at radius 2 is 1.51 bits per heavy atom. The number of ether oxygens (including phenoxy) is 5. The van der Waals surface area contributed by atoms with Crippen LogP contribution >= 0.6 is 0 Å². The van der Waals surface area contributed by atoms with Crippen molar-refractivity contribution in [2.45, 2.75) is 126 Å². The van der Waals surface area contributed by atoms with Crippen LogP contribution in [0.1, 0.15) is 90.2 Å². The van der Waals surface area contributed by atoms with Crippen molar-refractivity contribution in [1.29, 1.82) is 0 Å². The van der Waals surface area contributed by atoms with Gasteiger partial charge >= 0.3 is 11.9 Å². The van der Waals surface area contributed by atoms with Crippen LogP contribution in [0.3, 0.4) is 0 Å². The molecule has 13 atom stereocenters. The summed E-state index contributed by atoms with van der Waals surface area (Å²) in [7, 11) is 0. The van der Waals surface area contributed by atoms with Crippen molar-refractivity contribution in [2.24, 2.45) is 35.5 Å². The van der Waals surface area contributed by atoms with E-state index in [0.29, 0.717) is 19.4 Å². The molecule has 9 heteroatoms. The third-order valence-corrected chi connectivity index (χ3v) is 16.1. The summed E-state index contributed by atoms with van der Waals surface area (Å²) in [5, 5.41) is 21.7. The van der Waals surface area contributed by atoms with Gasteiger partial charge < -0.3 is 33.9 Å². The summed E-state index contributed by atoms with van der Waals surface area (Å²) in [4.78, 5) is 26.6. The summed E-state index contributed by atoms with van der Waals surface area (Å²) in [5.74, 6) is -0.470. The predicted molar refractivity (Wildman–Crippen MR) is 221 cm³/mol. The van der Waals surface area contributed by atoms with E-state index < -0.39 is 59.3 Å². The molecule has 59 heavy (non-hydrogen) atoms. The number of aliphatic hydroxyl groups is 2. The molecule has 2 saturated carbocycles. The van der Waals surface area contributed by atoms with E-state index in [1.807, 2.05) is 48.5 Å². The molecule has 312 valence electrons. The van der Waals surface area contributed by atoms with Gasteiger partial charge in [-0.3, -0.25) is 0 Å². The molecule has 0 spiro atoms. The number of hydrogen-bond acceptors (Lipinski definition) is 9. The third kappa shape index (κ3) is 6.19. The zero-order valence-corrected chi connectivity index (χ0v) is 34.7. The first-order valence-corrected chi connectivity index (χ1v) is 22.0. The van der Waals surface area contributed by atoms with Crippen LogP contribution in [0.2, 0.25) is 0 Å². The average molecular weight is 803 g/mol. The van der Waals surface area contributed by atoms with Crippen LogP contribution in [0.4, 0.5) is 0 Å². The van der Waals surface area contributed by atoms with Gasteiger partial charge in [0.2, 0.25) is 0 Å². The second-order valence-corrected chi connectivity index (χ2v) is 19.3. The van der Waals surface area contributed by atoms with Gasteiger partial charge in [0, 0.05) is 30.8 Å². The van der Waals surface area contributed by atoms with Crippen LogP contribution in [-0.2, 0) is 33.3 Å². The molecule has 4 saturated heterocycles. The Labute approximate surface area is 347 Å². The number of aliphatic hydroxyl groups excluding tert-OH is 2. The van der Waals surface area contributed by atoms with E-state index >= 15 is 0 Å². The fourth-order valence-corrected chi connectivity index (χ4v) is 13.1. The zero-order valence-electron chi connectivity index (χ0n) is 34.7. The Hall–Kier alpha value is -3.86. The molecule has 0 radical (unpaired) electrons. The van der Waals surface area contributed by atoms with Gasteiger partial charge in [-0.25, -0.2) is 9.59 Å². The van der Waals surface area contributed by atoms with Gasteiger partial charge in [-0.1, -0.05) is 84.0 Å². The lowest BCUT2D eigenvalue weighted by atomic mass is 9.75. The molecule has 4 aliphatic carbocycles. The number of benzene rings is 2. The minimum Gasteiger partial charge on any atom is -0.457 e. The minimum absolute atomic E-state index is 0.114. The molecular weight excluding hydrogens is 745 g/mol. The van der Waals surface area contributed by atoms with Crippen LogP contribution in [0, 0.1) is 35.5 Å². The van der Waals surface area contributed by atoms with Crippen LogP contribution in [0.15, 0.2) is 95.1 Å². The maximum atomic E-state index is 13.8. The highest BCUT2D eigenvalue weighted by Crippen LogP contribution is 2.71. The van der Waals surface area contributed by atoms with Gasteiger partial charge in [0.1, 0.15) is 35.6 Å². The molecule has 4 aliphatic heterocycles. The van der Waals surface area contributed by atoms with Gasteiger partial charge in [-0.15, -0.1) is 0 Å². The molecular formula is C50H58O9. The number of hydrogen-bond donors (Lipinski definition) is 2. The fraction of sp³-hybridized carbons (Fsp3) is 0.560. The Balaban J connectivity index is 0.991. The molecule has 6 fully saturated rings. The Kier molecular flexibility index (Phi) is 9.57. The van der Waals surface area contributed by atoms with E-state index in [0.717, 1.165) is 55.2 Å². The van der Waals surface area contributed by atoms with Crippen molar-refractivity contribution in [2.75, 3.05) is 13.2 Å². The standard InChI is InChI=1S/C50H58O9/c1-29-17-21-36-43(29)45(55-23-11-16-31-12-7-5-8-13-31)50(26-39(52)47(36,3)58-50)37-25-35(37)34-24-38-44(30(34)2)46(57-41(53)22-18-32-14-9-6-10-15-32)49(33-19-20-33)27-40(48(38,4)59-49)56-42(54)28-51/h5-16,18,22,33-40,45-46,51-52H,17,19-21,23-28H2,1-4H3/b16-11+,22-18+. The maximum Gasteiger partial charge on any atom is 0.332 e. The van der Waals surface area contributed by atoms with Crippen molar-refractivity contribution in [1.82, 2.24) is 0 Å². The summed E-state index contributed by atoms with van der Waals surface area (Å²) in [6.45, 7) is 8.37. The molecule has 4 bridgehead atoms. The number of rotatable bonds is 12. The third-order valence-electron chi connectivity index (χ3n) is 16.1. The smallest absolute Gasteiger partial charge is 0.332 e. The summed E-state index contributed by atoms with van der Waals surface area (Å²) in [6, 6.07) is 20.0. The largest absolute Gasteiger partial charge is 0.457 e. The van der Waals surface area contributed by atoms with E-state index in [9.17, 15) is 19.8 Å². The number of allylic oxidation sites excluding steroid dienone is 2. The highest BCUT2D eigenvalue weighted by Gasteiger charge is 2.76. The van der Waals surface area contributed by atoms with Crippen LogP contribution in [-0.4, -0.2) is 82.2 Å². The molecule has 2 aromatic carbocycles. The van der Waals surface area contributed by atoms with Crippen LogP contribution in [0.5, 0.6) is 0 Å². The number of carbonyl (C=O) groups is 2. The van der Waals surface area contributed by atoms with E-state index in [4.69, 9.17) is 23.7 Å². The molecule has 10 rings (SSSR count). The average Bonchev–Trinajstić information content (AvgIpc) is 4.14. The lowest BCUT2D eigenvalue weighted by molar-refractivity contribution is -0.218. The van der Waals surface area contributed by atoms with E-state index in [1.165, 1.54) is 22.8 Å². The summed E-state index contributed by atoms with van der Waals surface area (Å²) < 4.78 is 34.2. The first-order valence-electron chi connectivity index (χ1n) is 22.0. The summed E-state index contributed by atoms with van der Waals surface area (Å²) in [6.07, 6.45) is 11.8. The fourth-order valence-electron chi connectivity index (χ4n) is 13.1. The summed E-state index contributed by atoms with van der Waals surface area (Å²) >= 11 is 0. The second-order valence-electron chi connectivity index (χ2n) is 19.3. The van der Waals surface area contributed by atoms with Gasteiger partial charge in [-0.2, -0.15) is 0 Å². The normalized spacial score (nSPS) is 41.8. The number of carbonyl (C=O) groups excluding carboxylic acids is 2. The van der Waals surface area contributed by atoms with Crippen LogP contribution < -0.4 is 0 Å². The first-order chi connectivity index (χ1) is 28.4. The lowest BCUT2D eigenvalue weighted by Crippen LogP contribution is -2.58. The molecule has 8 aliphatic rings. The van der Waals surface area contributed by atoms with Gasteiger partial charge in [0.15, 0.2) is 6.10 Å². The molecule has 0 amide bonds. The van der Waals surface area contributed by atoms with Crippen LogP contribution in [0.25, 0.3) is 12.2 Å². The molecule has 4 heterocycles. The maximum absolute atomic E-state index is 13.8. The Morgan fingerprint density at radius 3 is 2.20 bits per heavy atom. The Bertz CT molecular complexity index is 2120. The predicted octanol–water partition coefficient (Wildman–Crippen LogP) is 7.56. The van der Waals surface area contributed by atoms with E-state index in [2.05, 4.69) is 52.0 Å². The topological polar surface area (TPSA) is 121 Å². The molecule has 2 aromatic rings. The quantitative estimate of drug-likeness (QED) is 0.127. The van der Waals surface area contributed by atoms with Crippen molar-refractivity contribution < 1.29 is 43.5 Å². The molecule has 2 N–H and O–H groups in total. The first kappa shape index (κ1) is 39.3. The van der Waals surface area contributed by atoms with Crippen molar-refractivity contribution >= 4 is 24.1 Å². The second kappa shape index (κ2) is 14.4. The van der Waals surface area contributed by atoms with Gasteiger partial charge in [-0.05, 0) is 118 Å². The van der Waals surface area contributed by atoms with Gasteiger partial charge in [0.05, 0.1) is 18.3 Å². The molecule has 13 unspecified atom stereocenters. The minimum atomic E-state index is -0.858. The zero-order chi connectivity index (χ0) is 40.9. The number of fused-ring (bicyclic) bond motifs is 8. The van der Waals surface area contributed by atoms with Gasteiger partial charge in [0.25, 0.3) is 0 Å². The highest BCUT2D eigenvalue weighted by atomic mass is 16.6. The van der Waals surface area contributed by atoms with E-state index in [-0.39, 0.29) is 41.6 Å². The lowest BCUT2D eigenvalue weighted by Gasteiger charge is -2.49. The van der Waals surface area contributed by atoms with Crippen molar-refractivity contribution in [3.8, 4) is 0 Å². The SMILES string of the molecule is CC1=C2C(CC1)C1(C)OC(C3CC3C3CC4C(=C3C)C(OC(=O)/C=C/c3ccccc3)C3(C5CC5)CC(OC(=O)CO)C4(C)O3)(CC1O)C2OC/C=C/c1ccccc1. The number of esters is 2. The van der Waals surface area contributed by atoms with Crippen molar-refractivity contribution in [3.05, 3.63) is 106 Å². The van der Waals surface area contributed by atoms with Crippen molar-refractivity contribution in [3.63, 3.8) is 0 Å².